The molecule has 363 valence electrons. The molecule has 0 bridgehead atoms. The van der Waals surface area contributed by atoms with Crippen molar-refractivity contribution in [1.29, 1.82) is 0 Å². The van der Waals surface area contributed by atoms with Crippen LogP contribution in [0.1, 0.15) is 78.5 Å². The van der Waals surface area contributed by atoms with E-state index in [2.05, 4.69) is 53.6 Å². The Kier molecular flexibility index (Phi) is 20.2. The van der Waals surface area contributed by atoms with Gasteiger partial charge in [0.15, 0.2) is 11.3 Å². The van der Waals surface area contributed by atoms with Crippen LogP contribution in [0.3, 0.4) is 0 Å². The normalized spacial score (nSPS) is 25.6. The number of aromatic nitrogens is 8. The summed E-state index contributed by atoms with van der Waals surface area (Å²) < 4.78 is 3.48. The van der Waals surface area contributed by atoms with Gasteiger partial charge in [-0.05, 0) is 81.6 Å². The molecular formula is C54H53N8O7Y3-3. The molecule has 4 aliphatic carbocycles. The van der Waals surface area contributed by atoms with Crippen molar-refractivity contribution >= 4 is 45.7 Å². The average Bonchev–Trinajstić information content (AvgIpc) is 4.09. The van der Waals surface area contributed by atoms with E-state index in [-0.39, 0.29) is 155 Å². The first-order valence-corrected chi connectivity index (χ1v) is 21.6. The molecule has 0 spiro atoms. The molecule has 0 aliphatic heterocycles. The van der Waals surface area contributed by atoms with Crippen LogP contribution in [-0.4, -0.2) is 101 Å². The number of rotatable bonds is 6. The van der Waals surface area contributed by atoms with Crippen LogP contribution >= 0.6 is 0 Å². The van der Waals surface area contributed by atoms with Crippen molar-refractivity contribution in [3.05, 3.63) is 166 Å². The van der Waals surface area contributed by atoms with Gasteiger partial charge in [0.2, 0.25) is 11.6 Å². The van der Waals surface area contributed by atoms with Gasteiger partial charge in [-0.1, -0.05) is 78.6 Å². The number of aryl methyl sites for hydroxylation is 1. The number of Topliss-reactive ketones (excluding diaryl/α,β-unsaturated/α-hetero) is 2. The summed E-state index contributed by atoms with van der Waals surface area (Å²) in [5, 5.41) is 53.6. The van der Waals surface area contributed by atoms with E-state index in [0.29, 0.717) is 57.9 Å². The zero-order valence-electron chi connectivity index (χ0n) is 40.8. The number of carbonyl (C=O) groups excluding carboxylic acids is 2. The fraction of sp³-hybridized carbons (Fsp3) is 0.278. The van der Waals surface area contributed by atoms with Crippen LogP contribution < -0.4 is 0 Å². The predicted octanol–water partition coefficient (Wildman–Crippen LogP) is 5.90. The van der Waals surface area contributed by atoms with Gasteiger partial charge >= 0.3 is 0 Å². The van der Waals surface area contributed by atoms with Crippen molar-refractivity contribution < 1.29 is 133 Å². The number of ketones is 2. The molecule has 4 heterocycles. The van der Waals surface area contributed by atoms with E-state index < -0.39 is 47.3 Å². The Hall–Kier alpha value is -4.09. The Balaban J connectivity index is 0.000000295. The molecule has 7 aromatic rings. The second-order valence-corrected chi connectivity index (χ2v) is 17.5. The van der Waals surface area contributed by atoms with E-state index in [9.17, 15) is 35.1 Å². The number of benzene rings is 3. The Morgan fingerprint density at radius 2 is 1.00 bits per heavy atom. The van der Waals surface area contributed by atoms with Crippen LogP contribution in [-0.2, 0) is 108 Å². The minimum absolute atomic E-state index is 0. The summed E-state index contributed by atoms with van der Waals surface area (Å²) in [6.45, 7) is 4.78. The molecule has 3 aromatic carbocycles. The summed E-state index contributed by atoms with van der Waals surface area (Å²) in [5.74, 6) is 12.1. The molecule has 0 amide bonds. The van der Waals surface area contributed by atoms with Gasteiger partial charge in [0.1, 0.15) is 40.6 Å². The number of aliphatic hydroxyl groups excluding tert-OH is 5. The van der Waals surface area contributed by atoms with Gasteiger partial charge in [-0.3, -0.25) is 9.59 Å². The molecule has 10 atom stereocenters. The number of aliphatic hydroxyl groups is 5. The third-order valence-corrected chi connectivity index (χ3v) is 13.9. The minimum Gasteiger partial charge on any atom is -0.507 e. The Morgan fingerprint density at radius 1 is 0.597 bits per heavy atom. The summed E-state index contributed by atoms with van der Waals surface area (Å²) in [6, 6.07) is 27.1. The maximum Gasteiger partial charge on any atom is 0.207 e. The first-order valence-electron chi connectivity index (χ1n) is 21.6. The number of fused-ring (bicyclic) bond motifs is 4. The summed E-state index contributed by atoms with van der Waals surface area (Å²) in [4.78, 5) is 51.6. The first-order chi connectivity index (χ1) is 31.8. The number of nitrogens with zero attached hydrogens (tertiary/aromatic N) is 8. The molecule has 5 N–H and O–H groups in total. The number of carbonyl (C=O) groups is 2. The summed E-state index contributed by atoms with van der Waals surface area (Å²) in [7, 11) is 0. The van der Waals surface area contributed by atoms with Crippen molar-refractivity contribution in [2.75, 3.05) is 0 Å². The van der Waals surface area contributed by atoms with Gasteiger partial charge in [-0.2, -0.15) is 0 Å². The number of hydrogen-bond acceptors (Lipinski definition) is 13. The predicted molar refractivity (Wildman–Crippen MR) is 261 cm³/mol. The van der Waals surface area contributed by atoms with Crippen LogP contribution in [0.5, 0.6) is 0 Å². The van der Waals surface area contributed by atoms with Gasteiger partial charge in [0, 0.05) is 121 Å². The second-order valence-electron chi connectivity index (χ2n) is 17.5. The number of hydrogen-bond donors (Lipinski definition) is 5. The van der Waals surface area contributed by atoms with Gasteiger partial charge in [0.25, 0.3) is 0 Å². The summed E-state index contributed by atoms with van der Waals surface area (Å²) in [6.07, 6.45) is 1.30. The zero-order valence-corrected chi connectivity index (χ0v) is 49.3. The van der Waals surface area contributed by atoms with Crippen LogP contribution in [0, 0.1) is 75.6 Å². The maximum absolute atomic E-state index is 12.4. The SMILES string of the molecule is CC(=O)[C@@]12CC1[C@@H](n1cnc3c(/C=C(\O)c4ccccc4)nc(C#Cc4ccccc4)nc31)[C@H](O)C2O.CC(=O)[C@@]12CC1[C@@H](n1cnc3c(C)nc(C#Cc4ccccc4)nc31)[C@H](O)C2O.[CH3-].[CH3-].[CH3-].[Y].[Y].[Y]. The van der Waals surface area contributed by atoms with Gasteiger partial charge in [0.05, 0.1) is 59.2 Å². The third kappa shape index (κ3) is 10.6. The van der Waals surface area contributed by atoms with Gasteiger partial charge in [-0.15, -0.1) is 0 Å². The van der Waals surface area contributed by atoms with E-state index in [1.807, 2.05) is 85.8 Å². The van der Waals surface area contributed by atoms with Crippen molar-refractivity contribution in [1.82, 2.24) is 39.0 Å². The Bertz CT molecular complexity index is 3240. The van der Waals surface area contributed by atoms with Crippen LogP contribution in [0.25, 0.3) is 34.2 Å². The molecule has 4 fully saturated rings. The Labute approximate surface area is 494 Å². The minimum atomic E-state index is -1.15. The maximum atomic E-state index is 12.4. The molecule has 4 aromatic heterocycles. The van der Waals surface area contributed by atoms with Crippen molar-refractivity contribution in [3.63, 3.8) is 0 Å². The standard InChI is InChI=1S/C29H24N4O4.C22H20N4O3.3CH3.3Y/c1-17(34)29-15-20(29)25(26(36)27(29)37)33-16-30-24-21(14-22(35)19-10-6-3-7-11-19)31-23(32-28(24)33)13-12-18-8-4-2-5-9-18;1-12-17-21(25-16(24-12)9-8-14-6-4-3-5-7-14)26(11-23-17)18-15-10-22(15,13(2)27)20(29)19(18)28;;;;;;/h2-11,14,16,20,25-27,35-37H,15H2,1H3;3-7,11,15,18-20,28-29H,10H2,1-2H3;3*1H3;;;/q;;3*-1;;;/b22-14-;;;;;;;/t20?,25-,26+,27?,29+;15?,18-,19+,20?,22+;;;;;;/m11....../s1. The molecule has 72 heavy (non-hydrogen) atoms. The third-order valence-electron chi connectivity index (χ3n) is 13.9. The van der Waals surface area contributed by atoms with Gasteiger partial charge in [-0.25, -0.2) is 29.9 Å². The van der Waals surface area contributed by atoms with Crippen molar-refractivity contribution in [2.45, 2.75) is 70.1 Å². The largest absolute Gasteiger partial charge is 0.507 e. The molecule has 3 radical (unpaired) electrons. The average molecular weight is 1190 g/mol. The topological polar surface area (TPSA) is 222 Å². The fourth-order valence-corrected chi connectivity index (χ4v) is 10.3. The van der Waals surface area contributed by atoms with Crippen LogP contribution in [0.2, 0.25) is 0 Å². The molecule has 15 nitrogen and oxygen atoms in total. The molecule has 4 saturated carbocycles. The van der Waals surface area contributed by atoms with Crippen LogP contribution in [0.4, 0.5) is 0 Å². The van der Waals surface area contributed by atoms with E-state index in [1.165, 1.54) is 19.9 Å². The van der Waals surface area contributed by atoms with E-state index in [4.69, 9.17) is 0 Å². The molecule has 0 saturated heterocycles. The van der Waals surface area contributed by atoms with Crippen LogP contribution in [0.15, 0.2) is 104 Å². The summed E-state index contributed by atoms with van der Waals surface area (Å²) in [5.41, 5.74) is 3.54. The van der Waals surface area contributed by atoms with Crippen molar-refractivity contribution in [2.24, 2.45) is 22.7 Å². The van der Waals surface area contributed by atoms with E-state index in [0.717, 1.165) is 11.1 Å². The molecule has 11 rings (SSSR count). The van der Waals surface area contributed by atoms with Gasteiger partial charge < -0.3 is 56.9 Å². The monoisotopic (exact) mass is 1190 g/mol. The summed E-state index contributed by atoms with van der Waals surface area (Å²) >= 11 is 0. The van der Waals surface area contributed by atoms with E-state index in [1.54, 1.807) is 33.9 Å². The molecule has 18 heteroatoms. The number of imidazole rings is 2. The quantitative estimate of drug-likeness (QED) is 0.0744. The molecular weight excluding hydrogens is 1140 g/mol. The molecule has 4 unspecified atom stereocenters. The Morgan fingerprint density at radius 3 is 1.43 bits per heavy atom. The zero-order chi connectivity index (χ0) is 46.1. The smallest absolute Gasteiger partial charge is 0.207 e. The second kappa shape index (κ2) is 24.1. The molecule has 4 aliphatic rings. The van der Waals surface area contributed by atoms with E-state index >= 15 is 0 Å². The fourth-order valence-electron chi connectivity index (χ4n) is 10.3. The first kappa shape index (κ1) is 60.5. The van der Waals surface area contributed by atoms with Crippen molar-refractivity contribution in [3.8, 4) is 23.7 Å².